The molecule has 1 atom stereocenters. The molecule has 1 heterocycles. The zero-order valence-corrected chi connectivity index (χ0v) is 11.6. The highest BCUT2D eigenvalue weighted by Gasteiger charge is 2.39. The summed E-state index contributed by atoms with van der Waals surface area (Å²) < 4.78 is 46.3. The van der Waals surface area contributed by atoms with Crippen molar-refractivity contribution in [1.82, 2.24) is 10.3 Å². The predicted molar refractivity (Wildman–Crippen MR) is 70.8 cm³/mol. The largest absolute Gasteiger partial charge is 0.439 e. The summed E-state index contributed by atoms with van der Waals surface area (Å²) in [6.45, 7) is 0.578. The third-order valence-electron chi connectivity index (χ3n) is 2.74. The van der Waals surface area contributed by atoms with Crippen LogP contribution >= 0.6 is 0 Å². The van der Waals surface area contributed by atoms with E-state index in [1.54, 1.807) is 0 Å². The van der Waals surface area contributed by atoms with E-state index in [0.717, 1.165) is 12.5 Å². The molecule has 1 aromatic carbocycles. The smallest absolute Gasteiger partial charge is 0.425 e. The van der Waals surface area contributed by atoms with Gasteiger partial charge < -0.3 is 14.5 Å². The Morgan fingerprint density at radius 3 is 2.68 bits per heavy atom. The molecule has 118 valence electrons. The van der Waals surface area contributed by atoms with E-state index in [-0.39, 0.29) is 12.4 Å². The van der Waals surface area contributed by atoms with Crippen LogP contribution in [0.4, 0.5) is 18.0 Å². The number of nitrogens with one attached hydrogen (secondary N) is 1. The van der Waals surface area contributed by atoms with E-state index in [1.165, 1.54) is 6.20 Å². The van der Waals surface area contributed by atoms with Crippen molar-refractivity contribution in [2.75, 3.05) is 0 Å². The lowest BCUT2D eigenvalue weighted by atomic mass is 10.2. The predicted octanol–water partition coefficient (Wildman–Crippen LogP) is 3.52. The first kappa shape index (κ1) is 15.9. The van der Waals surface area contributed by atoms with Crippen molar-refractivity contribution in [1.29, 1.82) is 0 Å². The van der Waals surface area contributed by atoms with E-state index in [9.17, 15) is 18.0 Å². The van der Waals surface area contributed by atoms with Gasteiger partial charge in [-0.1, -0.05) is 30.3 Å². The molecule has 0 saturated carbocycles. The molecule has 5 nitrogen and oxygen atoms in total. The van der Waals surface area contributed by atoms with Gasteiger partial charge in [-0.2, -0.15) is 13.2 Å². The van der Waals surface area contributed by atoms with E-state index in [0.29, 0.717) is 5.76 Å². The van der Waals surface area contributed by atoms with Gasteiger partial charge in [-0.05, 0) is 6.92 Å². The average molecular weight is 314 g/mol. The minimum atomic E-state index is -4.60. The molecule has 0 saturated heterocycles. The Morgan fingerprint density at radius 2 is 2.05 bits per heavy atom. The van der Waals surface area contributed by atoms with E-state index >= 15 is 0 Å². The number of ether oxygens (including phenoxy) is 1. The monoisotopic (exact) mass is 314 g/mol. The number of carbonyl (C=O) groups excluding carboxylic acids is 1. The molecule has 1 N–H and O–H groups in total. The second-order valence-corrected chi connectivity index (χ2v) is 4.43. The number of hydrogen-bond donors (Lipinski definition) is 1. The maximum atomic E-state index is 12.2. The van der Waals surface area contributed by atoms with Crippen LogP contribution in [0.3, 0.4) is 0 Å². The minimum Gasteiger partial charge on any atom is -0.439 e. The van der Waals surface area contributed by atoms with Crippen molar-refractivity contribution in [3.05, 3.63) is 42.4 Å². The van der Waals surface area contributed by atoms with Gasteiger partial charge in [-0.15, -0.1) is 0 Å². The molecule has 0 aliphatic heterocycles. The molecule has 0 bridgehead atoms. The van der Waals surface area contributed by atoms with Gasteiger partial charge in [0.1, 0.15) is 0 Å². The SMILES string of the molecule is CC(OC(=O)NCc1ncc(-c2ccccc2)o1)C(F)(F)F. The van der Waals surface area contributed by atoms with Crippen molar-refractivity contribution in [2.24, 2.45) is 0 Å². The number of hydrogen-bond acceptors (Lipinski definition) is 4. The Kier molecular flexibility index (Phi) is 4.69. The molecule has 0 fully saturated rings. The van der Waals surface area contributed by atoms with E-state index in [4.69, 9.17) is 4.42 Å². The molecule has 1 aromatic heterocycles. The first-order chi connectivity index (χ1) is 10.4. The Morgan fingerprint density at radius 1 is 1.36 bits per heavy atom. The quantitative estimate of drug-likeness (QED) is 0.938. The Labute approximate surface area is 124 Å². The minimum absolute atomic E-state index is 0.162. The van der Waals surface area contributed by atoms with Gasteiger partial charge in [0.2, 0.25) is 5.89 Å². The van der Waals surface area contributed by atoms with Crippen LogP contribution in [-0.2, 0) is 11.3 Å². The molecule has 2 rings (SSSR count). The molecule has 2 aromatic rings. The summed E-state index contributed by atoms with van der Waals surface area (Å²) in [5.41, 5.74) is 0.800. The lowest BCUT2D eigenvalue weighted by molar-refractivity contribution is -0.197. The Bertz CT molecular complexity index is 626. The number of halogens is 3. The van der Waals surface area contributed by atoms with E-state index in [1.807, 2.05) is 30.3 Å². The molecule has 0 aliphatic carbocycles. The molecular formula is C14H13F3N2O3. The summed E-state index contributed by atoms with van der Waals surface area (Å²) in [7, 11) is 0. The standard InChI is InChI=1S/C14H13F3N2O3/c1-9(14(15,16)17)21-13(20)19-8-12-18-7-11(22-12)10-5-3-2-4-6-10/h2-7,9H,8H2,1H3,(H,19,20). The van der Waals surface area contributed by atoms with Gasteiger partial charge in [-0.3, -0.25) is 0 Å². The fraction of sp³-hybridized carbons (Fsp3) is 0.286. The number of benzene rings is 1. The molecular weight excluding hydrogens is 301 g/mol. The second-order valence-electron chi connectivity index (χ2n) is 4.43. The maximum absolute atomic E-state index is 12.2. The molecule has 1 amide bonds. The zero-order chi connectivity index (χ0) is 16.2. The fourth-order valence-electron chi connectivity index (χ4n) is 1.54. The Hall–Kier alpha value is -2.51. The summed E-state index contributed by atoms with van der Waals surface area (Å²) >= 11 is 0. The van der Waals surface area contributed by atoms with Gasteiger partial charge in [-0.25, -0.2) is 9.78 Å². The van der Waals surface area contributed by atoms with Crippen LogP contribution in [0.2, 0.25) is 0 Å². The van der Waals surface area contributed by atoms with Gasteiger partial charge in [0.25, 0.3) is 0 Å². The normalized spacial score (nSPS) is 12.7. The van der Waals surface area contributed by atoms with Crippen LogP contribution in [0, 0.1) is 0 Å². The van der Waals surface area contributed by atoms with Gasteiger partial charge in [0, 0.05) is 5.56 Å². The van der Waals surface area contributed by atoms with Crippen LogP contribution in [0.15, 0.2) is 40.9 Å². The van der Waals surface area contributed by atoms with Gasteiger partial charge in [0.05, 0.1) is 12.7 Å². The van der Waals surface area contributed by atoms with Crippen molar-refractivity contribution in [3.8, 4) is 11.3 Å². The van der Waals surface area contributed by atoms with Crippen LogP contribution < -0.4 is 5.32 Å². The second kappa shape index (κ2) is 6.50. The fourth-order valence-corrected chi connectivity index (χ4v) is 1.54. The van der Waals surface area contributed by atoms with Crippen molar-refractivity contribution in [3.63, 3.8) is 0 Å². The van der Waals surface area contributed by atoms with Crippen LogP contribution in [0.5, 0.6) is 0 Å². The molecule has 0 aliphatic rings. The van der Waals surface area contributed by atoms with Crippen molar-refractivity contribution in [2.45, 2.75) is 25.7 Å². The number of rotatable bonds is 4. The van der Waals surface area contributed by atoms with Crippen LogP contribution in [0.25, 0.3) is 11.3 Å². The number of alkyl carbamates (subject to hydrolysis) is 1. The van der Waals surface area contributed by atoms with Crippen LogP contribution in [-0.4, -0.2) is 23.4 Å². The number of oxazole rings is 1. The summed E-state index contributed by atoms with van der Waals surface area (Å²) in [4.78, 5) is 15.2. The molecule has 0 spiro atoms. The van der Waals surface area contributed by atoms with E-state index in [2.05, 4.69) is 15.0 Å². The number of alkyl halides is 3. The molecule has 8 heteroatoms. The van der Waals surface area contributed by atoms with E-state index < -0.39 is 18.4 Å². The maximum Gasteiger partial charge on any atom is 0.425 e. The topological polar surface area (TPSA) is 64.4 Å². The number of nitrogens with zero attached hydrogens (tertiary/aromatic N) is 1. The highest BCUT2D eigenvalue weighted by atomic mass is 19.4. The third kappa shape index (κ3) is 4.24. The lowest BCUT2D eigenvalue weighted by Crippen LogP contribution is -2.35. The highest BCUT2D eigenvalue weighted by molar-refractivity contribution is 5.67. The van der Waals surface area contributed by atoms with Gasteiger partial charge >= 0.3 is 12.3 Å². The van der Waals surface area contributed by atoms with Gasteiger partial charge in [0.15, 0.2) is 11.9 Å². The van der Waals surface area contributed by atoms with Crippen molar-refractivity contribution >= 4 is 6.09 Å². The lowest BCUT2D eigenvalue weighted by Gasteiger charge is -2.16. The summed E-state index contributed by atoms with van der Waals surface area (Å²) in [5, 5.41) is 2.15. The molecule has 22 heavy (non-hydrogen) atoms. The molecule has 0 radical (unpaired) electrons. The average Bonchev–Trinajstić information content (AvgIpc) is 2.94. The third-order valence-corrected chi connectivity index (χ3v) is 2.74. The first-order valence-electron chi connectivity index (χ1n) is 6.37. The summed E-state index contributed by atoms with van der Waals surface area (Å²) in [6, 6.07) is 9.13. The number of aromatic nitrogens is 1. The zero-order valence-electron chi connectivity index (χ0n) is 11.6. The summed E-state index contributed by atoms with van der Waals surface area (Å²) in [6.07, 6.45) is -6.50. The van der Waals surface area contributed by atoms with Crippen LogP contribution in [0.1, 0.15) is 12.8 Å². The molecule has 1 unspecified atom stereocenters. The van der Waals surface area contributed by atoms with Crippen molar-refractivity contribution < 1.29 is 27.1 Å². The first-order valence-corrected chi connectivity index (χ1v) is 6.37. The Balaban J connectivity index is 1.88. The number of amides is 1. The number of carbonyl (C=O) groups is 1. The summed E-state index contributed by atoms with van der Waals surface area (Å²) in [5.74, 6) is 0.657. The highest BCUT2D eigenvalue weighted by Crippen LogP contribution is 2.22.